The molecule has 124 valence electrons. The zero-order valence-corrected chi connectivity index (χ0v) is 13.3. The molecule has 1 atom stereocenters. The maximum Gasteiger partial charge on any atom is 0.287 e. The Morgan fingerprint density at radius 3 is 2.67 bits per heavy atom. The summed E-state index contributed by atoms with van der Waals surface area (Å²) in [7, 11) is 0. The Hall–Kier alpha value is -2.86. The molecule has 0 radical (unpaired) electrons. The van der Waals surface area contributed by atoms with Gasteiger partial charge in [0.15, 0.2) is 11.2 Å². The monoisotopic (exact) mass is 327 g/mol. The van der Waals surface area contributed by atoms with Crippen molar-refractivity contribution in [2.75, 3.05) is 6.54 Å². The van der Waals surface area contributed by atoms with Gasteiger partial charge in [0.2, 0.25) is 0 Å². The van der Waals surface area contributed by atoms with Crippen molar-refractivity contribution in [1.29, 1.82) is 0 Å². The highest BCUT2D eigenvalue weighted by Gasteiger charge is 2.28. The molecule has 2 aromatic heterocycles. The van der Waals surface area contributed by atoms with Gasteiger partial charge in [-0.1, -0.05) is 12.1 Å². The van der Waals surface area contributed by atoms with Crippen molar-refractivity contribution in [1.82, 2.24) is 5.32 Å². The third-order valence-electron chi connectivity index (χ3n) is 3.72. The number of carbonyl (C=O) groups is 1. The molecule has 3 rings (SSSR count). The van der Waals surface area contributed by atoms with E-state index in [2.05, 4.69) is 5.32 Å². The Bertz CT molecular complexity index is 951. The summed E-state index contributed by atoms with van der Waals surface area (Å²) in [5, 5.41) is 13.4. The summed E-state index contributed by atoms with van der Waals surface area (Å²) in [6, 6.07) is 11.2. The summed E-state index contributed by atoms with van der Waals surface area (Å²) >= 11 is 0. The number of aryl methyl sites for hydroxylation is 1. The molecule has 1 amide bonds. The normalized spacial score (nSPS) is 13.6. The first-order valence-corrected chi connectivity index (χ1v) is 7.47. The minimum absolute atomic E-state index is 0.0880. The van der Waals surface area contributed by atoms with E-state index < -0.39 is 11.5 Å². The van der Waals surface area contributed by atoms with Crippen LogP contribution in [0, 0.1) is 6.92 Å². The quantitative estimate of drug-likeness (QED) is 0.767. The van der Waals surface area contributed by atoms with Crippen molar-refractivity contribution in [2.45, 2.75) is 19.4 Å². The SMILES string of the molecule is Cc1ccc(C(C)(O)CNC(=O)c2cc(=O)c3ccccc3o2)o1. The number of hydrogen-bond acceptors (Lipinski definition) is 5. The maximum absolute atomic E-state index is 12.2. The van der Waals surface area contributed by atoms with Crippen LogP contribution in [0.5, 0.6) is 0 Å². The van der Waals surface area contributed by atoms with Crippen LogP contribution in [-0.2, 0) is 5.60 Å². The zero-order chi connectivity index (χ0) is 17.3. The van der Waals surface area contributed by atoms with Gasteiger partial charge in [0.05, 0.1) is 11.9 Å². The summed E-state index contributed by atoms with van der Waals surface area (Å²) in [5.41, 5.74) is -1.33. The number of hydrogen-bond donors (Lipinski definition) is 2. The fraction of sp³-hybridized carbons (Fsp3) is 0.222. The highest BCUT2D eigenvalue weighted by Crippen LogP contribution is 2.22. The van der Waals surface area contributed by atoms with E-state index in [1.54, 1.807) is 43.3 Å². The Labute approximate surface area is 137 Å². The fourth-order valence-electron chi connectivity index (χ4n) is 2.37. The van der Waals surface area contributed by atoms with Gasteiger partial charge in [0.25, 0.3) is 5.91 Å². The molecule has 0 fully saturated rings. The van der Waals surface area contributed by atoms with Gasteiger partial charge >= 0.3 is 0 Å². The fourth-order valence-corrected chi connectivity index (χ4v) is 2.37. The summed E-state index contributed by atoms with van der Waals surface area (Å²) in [5.74, 6) is 0.323. The first-order valence-electron chi connectivity index (χ1n) is 7.47. The molecule has 1 unspecified atom stereocenters. The predicted octanol–water partition coefficient (Wildman–Crippen LogP) is 2.33. The molecule has 24 heavy (non-hydrogen) atoms. The number of furan rings is 1. The molecule has 6 heteroatoms. The lowest BCUT2D eigenvalue weighted by Crippen LogP contribution is -2.38. The van der Waals surface area contributed by atoms with Crippen molar-refractivity contribution in [2.24, 2.45) is 0 Å². The molecule has 0 saturated heterocycles. The third-order valence-corrected chi connectivity index (χ3v) is 3.72. The first kappa shape index (κ1) is 16.0. The summed E-state index contributed by atoms with van der Waals surface area (Å²) in [6.07, 6.45) is 0. The van der Waals surface area contributed by atoms with Crippen LogP contribution in [0.3, 0.4) is 0 Å². The molecular formula is C18H17NO5. The number of fused-ring (bicyclic) bond motifs is 1. The minimum atomic E-state index is -1.37. The van der Waals surface area contributed by atoms with E-state index in [9.17, 15) is 14.7 Å². The molecule has 6 nitrogen and oxygen atoms in total. The number of aliphatic hydroxyl groups is 1. The van der Waals surface area contributed by atoms with Crippen molar-refractivity contribution >= 4 is 16.9 Å². The minimum Gasteiger partial charge on any atom is -0.463 e. The number of amides is 1. The molecule has 3 aromatic rings. The number of rotatable bonds is 4. The molecule has 1 aromatic carbocycles. The van der Waals surface area contributed by atoms with Gasteiger partial charge in [0.1, 0.15) is 22.7 Å². The number of carbonyl (C=O) groups excluding carboxylic acids is 1. The van der Waals surface area contributed by atoms with E-state index >= 15 is 0 Å². The second kappa shape index (κ2) is 5.98. The molecule has 2 N–H and O–H groups in total. The molecule has 0 aliphatic carbocycles. The number of para-hydroxylation sites is 1. The number of nitrogens with one attached hydrogen (secondary N) is 1. The van der Waals surface area contributed by atoms with E-state index in [0.717, 1.165) is 6.07 Å². The van der Waals surface area contributed by atoms with Crippen LogP contribution in [0.4, 0.5) is 0 Å². The molecule has 0 aliphatic rings. The van der Waals surface area contributed by atoms with Gasteiger partial charge in [-0.3, -0.25) is 9.59 Å². The van der Waals surface area contributed by atoms with Gasteiger partial charge in [-0.2, -0.15) is 0 Å². The smallest absolute Gasteiger partial charge is 0.287 e. The second-order valence-corrected chi connectivity index (χ2v) is 5.84. The van der Waals surface area contributed by atoms with Crippen LogP contribution < -0.4 is 10.7 Å². The average molecular weight is 327 g/mol. The van der Waals surface area contributed by atoms with E-state index in [1.165, 1.54) is 6.92 Å². The molecule has 0 spiro atoms. The Morgan fingerprint density at radius 1 is 1.21 bits per heavy atom. The highest BCUT2D eigenvalue weighted by molar-refractivity contribution is 5.93. The Kier molecular flexibility index (Phi) is 3.99. The lowest BCUT2D eigenvalue weighted by Gasteiger charge is -2.21. The van der Waals surface area contributed by atoms with Crippen LogP contribution in [-0.4, -0.2) is 17.6 Å². The maximum atomic E-state index is 12.2. The van der Waals surface area contributed by atoms with Crippen LogP contribution in [0.1, 0.15) is 29.0 Å². The molecule has 0 bridgehead atoms. The van der Waals surface area contributed by atoms with E-state index in [1.807, 2.05) is 0 Å². The van der Waals surface area contributed by atoms with Gasteiger partial charge in [-0.25, -0.2) is 0 Å². The van der Waals surface area contributed by atoms with Crippen LogP contribution in [0.25, 0.3) is 11.0 Å². The van der Waals surface area contributed by atoms with Crippen molar-refractivity contribution in [3.8, 4) is 0 Å². The zero-order valence-electron chi connectivity index (χ0n) is 13.3. The Morgan fingerprint density at radius 2 is 1.96 bits per heavy atom. The number of benzene rings is 1. The summed E-state index contributed by atoms with van der Waals surface area (Å²) in [4.78, 5) is 24.3. The van der Waals surface area contributed by atoms with Gasteiger partial charge < -0.3 is 19.3 Å². The topological polar surface area (TPSA) is 92.7 Å². The van der Waals surface area contributed by atoms with Crippen LogP contribution >= 0.6 is 0 Å². The lowest BCUT2D eigenvalue weighted by molar-refractivity contribution is 0.0319. The average Bonchev–Trinajstić information content (AvgIpc) is 3.00. The van der Waals surface area contributed by atoms with E-state index in [-0.39, 0.29) is 17.7 Å². The second-order valence-electron chi connectivity index (χ2n) is 5.84. The van der Waals surface area contributed by atoms with Gasteiger partial charge in [-0.15, -0.1) is 0 Å². The highest BCUT2D eigenvalue weighted by atomic mass is 16.4. The van der Waals surface area contributed by atoms with Crippen molar-refractivity contribution in [3.05, 3.63) is 70.0 Å². The van der Waals surface area contributed by atoms with E-state index in [0.29, 0.717) is 22.5 Å². The largest absolute Gasteiger partial charge is 0.463 e. The molecule has 0 aliphatic heterocycles. The molecule has 0 saturated carbocycles. The van der Waals surface area contributed by atoms with E-state index in [4.69, 9.17) is 8.83 Å². The Balaban J connectivity index is 1.79. The predicted molar refractivity (Wildman–Crippen MR) is 87.8 cm³/mol. The van der Waals surface area contributed by atoms with Crippen LogP contribution in [0.2, 0.25) is 0 Å². The van der Waals surface area contributed by atoms with Crippen molar-refractivity contribution in [3.63, 3.8) is 0 Å². The van der Waals surface area contributed by atoms with Gasteiger partial charge in [-0.05, 0) is 38.1 Å². The lowest BCUT2D eigenvalue weighted by atomic mass is 10.0. The van der Waals surface area contributed by atoms with Gasteiger partial charge in [0, 0.05) is 6.07 Å². The standard InChI is InChI=1S/C18H17NO5/c1-11-7-8-16(23-11)18(2,22)10-19-17(21)15-9-13(20)12-5-3-4-6-14(12)24-15/h3-9,22H,10H2,1-2H3,(H,19,21). The third kappa shape index (κ3) is 3.09. The summed E-state index contributed by atoms with van der Waals surface area (Å²) in [6.45, 7) is 3.21. The van der Waals surface area contributed by atoms with Crippen LogP contribution in [0.15, 0.2) is 56.1 Å². The van der Waals surface area contributed by atoms with Crippen molar-refractivity contribution < 1.29 is 18.7 Å². The first-order chi connectivity index (χ1) is 11.4. The summed E-state index contributed by atoms with van der Waals surface area (Å²) < 4.78 is 10.9. The molecule has 2 heterocycles. The molecular weight excluding hydrogens is 310 g/mol.